The summed E-state index contributed by atoms with van der Waals surface area (Å²) < 4.78 is 32.7. The van der Waals surface area contributed by atoms with Gasteiger partial charge in [-0.25, -0.2) is 13.2 Å². The van der Waals surface area contributed by atoms with Crippen LogP contribution in [0.1, 0.15) is 23.6 Å². The fourth-order valence-electron chi connectivity index (χ4n) is 3.85. The predicted octanol–water partition coefficient (Wildman–Crippen LogP) is 3.17. The molecule has 0 N–H and O–H groups in total. The number of piperazine rings is 1. The Morgan fingerprint density at radius 1 is 0.967 bits per heavy atom. The van der Waals surface area contributed by atoms with E-state index in [1.165, 1.54) is 0 Å². The lowest BCUT2D eigenvalue weighted by molar-refractivity contribution is 0.182. The number of nitrogens with zero attached hydrogens (tertiary/aromatic N) is 2. The average Bonchev–Trinajstić information content (AvgIpc) is 2.74. The number of rotatable bonds is 5. The summed E-state index contributed by atoms with van der Waals surface area (Å²) >= 11 is 0. The molecule has 0 saturated carbocycles. The molecular formula is C23H26N2O4S. The van der Waals surface area contributed by atoms with Crippen LogP contribution in [0.4, 0.5) is 0 Å². The molecule has 0 unspecified atom stereocenters. The minimum absolute atomic E-state index is 0.333. The van der Waals surface area contributed by atoms with Crippen molar-refractivity contribution in [3.8, 4) is 0 Å². The molecule has 1 aromatic heterocycles. The van der Waals surface area contributed by atoms with Crippen molar-refractivity contribution >= 4 is 21.0 Å². The third kappa shape index (κ3) is 4.19. The van der Waals surface area contributed by atoms with Gasteiger partial charge in [0.25, 0.3) is 0 Å². The normalized spacial score (nSPS) is 16.2. The molecule has 0 aliphatic carbocycles. The molecular weight excluding hydrogens is 400 g/mol. The monoisotopic (exact) mass is 426 g/mol. The van der Waals surface area contributed by atoms with E-state index in [1.807, 2.05) is 31.2 Å². The van der Waals surface area contributed by atoms with E-state index in [9.17, 15) is 13.2 Å². The summed E-state index contributed by atoms with van der Waals surface area (Å²) in [7, 11) is -3.48. The molecule has 0 amide bonds. The SMILES string of the molecule is CCc1ccc2c(CN3CCN(S(=O)(=O)c4ccc(C)cc4)CC3)cc(=O)oc2c1. The Morgan fingerprint density at radius 3 is 2.33 bits per heavy atom. The lowest BCUT2D eigenvalue weighted by Crippen LogP contribution is -2.48. The van der Waals surface area contributed by atoms with Crippen molar-refractivity contribution in [2.24, 2.45) is 0 Å². The summed E-state index contributed by atoms with van der Waals surface area (Å²) in [5.41, 5.74) is 3.32. The van der Waals surface area contributed by atoms with Gasteiger partial charge >= 0.3 is 5.63 Å². The summed E-state index contributed by atoms with van der Waals surface area (Å²) in [6.07, 6.45) is 0.876. The van der Waals surface area contributed by atoms with Crippen molar-refractivity contribution in [1.29, 1.82) is 0 Å². The van der Waals surface area contributed by atoms with Crippen molar-refractivity contribution < 1.29 is 12.8 Å². The van der Waals surface area contributed by atoms with Gasteiger partial charge in [0.15, 0.2) is 0 Å². The van der Waals surface area contributed by atoms with Gasteiger partial charge < -0.3 is 4.42 Å². The molecule has 4 rings (SSSR count). The number of hydrogen-bond donors (Lipinski definition) is 0. The fourth-order valence-corrected chi connectivity index (χ4v) is 5.28. The van der Waals surface area contributed by atoms with Gasteiger partial charge in [0, 0.05) is 44.2 Å². The van der Waals surface area contributed by atoms with Crippen LogP contribution >= 0.6 is 0 Å². The first-order valence-corrected chi connectivity index (χ1v) is 11.7. The van der Waals surface area contributed by atoms with Gasteiger partial charge in [-0.05, 0) is 42.7 Å². The maximum absolute atomic E-state index is 12.9. The van der Waals surface area contributed by atoms with E-state index < -0.39 is 10.0 Å². The highest BCUT2D eigenvalue weighted by atomic mass is 32.2. The van der Waals surface area contributed by atoms with Crippen LogP contribution in [0.25, 0.3) is 11.0 Å². The van der Waals surface area contributed by atoms with Crippen LogP contribution in [0.15, 0.2) is 62.6 Å². The molecule has 2 aromatic carbocycles. The van der Waals surface area contributed by atoms with Gasteiger partial charge in [0.2, 0.25) is 10.0 Å². The standard InChI is InChI=1S/C23H26N2O4S/c1-3-18-6-9-21-19(15-23(26)29-22(21)14-18)16-24-10-12-25(13-11-24)30(27,28)20-7-4-17(2)5-8-20/h4-9,14-15H,3,10-13,16H2,1-2H3. The van der Waals surface area contributed by atoms with Gasteiger partial charge in [-0.15, -0.1) is 0 Å². The van der Waals surface area contributed by atoms with Gasteiger partial charge in [-0.3, -0.25) is 4.90 Å². The summed E-state index contributed by atoms with van der Waals surface area (Å²) in [6, 6.07) is 14.5. The van der Waals surface area contributed by atoms with Crippen molar-refractivity contribution in [1.82, 2.24) is 9.21 Å². The third-order valence-corrected chi connectivity index (χ3v) is 7.60. The van der Waals surface area contributed by atoms with Crippen LogP contribution in [0.5, 0.6) is 0 Å². The summed E-state index contributed by atoms with van der Waals surface area (Å²) in [5, 5.41) is 0.932. The highest BCUT2D eigenvalue weighted by molar-refractivity contribution is 7.89. The molecule has 1 aliphatic rings. The van der Waals surface area contributed by atoms with E-state index in [0.29, 0.717) is 43.2 Å². The van der Waals surface area contributed by atoms with Gasteiger partial charge in [-0.2, -0.15) is 4.31 Å². The molecule has 1 saturated heterocycles. The highest BCUT2D eigenvalue weighted by Gasteiger charge is 2.28. The maximum Gasteiger partial charge on any atom is 0.336 e. The van der Waals surface area contributed by atoms with Crippen LogP contribution in [-0.4, -0.2) is 43.8 Å². The molecule has 0 atom stereocenters. The lowest BCUT2D eigenvalue weighted by Gasteiger charge is -2.34. The predicted molar refractivity (Wildman–Crippen MR) is 117 cm³/mol. The van der Waals surface area contributed by atoms with E-state index in [4.69, 9.17) is 4.42 Å². The van der Waals surface area contributed by atoms with Crippen LogP contribution in [0.2, 0.25) is 0 Å². The van der Waals surface area contributed by atoms with Gasteiger partial charge in [0.1, 0.15) is 5.58 Å². The smallest absolute Gasteiger partial charge is 0.336 e. The Bertz CT molecular complexity index is 1210. The summed E-state index contributed by atoms with van der Waals surface area (Å²) in [4.78, 5) is 14.6. The molecule has 158 valence electrons. The second-order valence-electron chi connectivity index (χ2n) is 7.77. The average molecular weight is 427 g/mol. The van der Waals surface area contributed by atoms with Crippen LogP contribution < -0.4 is 5.63 Å². The van der Waals surface area contributed by atoms with Gasteiger partial charge in [-0.1, -0.05) is 36.8 Å². The third-order valence-electron chi connectivity index (χ3n) is 5.69. The number of aryl methyl sites for hydroxylation is 2. The Hall–Kier alpha value is -2.48. The second-order valence-corrected chi connectivity index (χ2v) is 9.71. The Balaban J connectivity index is 1.49. The quantitative estimate of drug-likeness (QED) is 0.586. The number of benzene rings is 2. The number of hydrogen-bond acceptors (Lipinski definition) is 5. The van der Waals surface area contributed by atoms with Crippen LogP contribution in [0.3, 0.4) is 0 Å². The molecule has 1 aliphatic heterocycles. The maximum atomic E-state index is 12.9. The Morgan fingerprint density at radius 2 is 1.67 bits per heavy atom. The largest absolute Gasteiger partial charge is 0.423 e. The molecule has 3 aromatic rings. The van der Waals surface area contributed by atoms with E-state index >= 15 is 0 Å². The van der Waals surface area contributed by atoms with E-state index in [0.717, 1.165) is 28.5 Å². The van der Waals surface area contributed by atoms with Gasteiger partial charge in [0.05, 0.1) is 4.90 Å². The van der Waals surface area contributed by atoms with Crippen molar-refractivity contribution in [2.45, 2.75) is 31.7 Å². The molecule has 1 fully saturated rings. The van der Waals surface area contributed by atoms with Crippen molar-refractivity contribution in [3.63, 3.8) is 0 Å². The van der Waals surface area contributed by atoms with E-state index in [-0.39, 0.29) is 5.63 Å². The second kappa shape index (κ2) is 8.34. The zero-order chi connectivity index (χ0) is 21.3. The molecule has 2 heterocycles. The summed E-state index contributed by atoms with van der Waals surface area (Å²) in [5.74, 6) is 0. The first-order valence-electron chi connectivity index (χ1n) is 10.2. The van der Waals surface area contributed by atoms with Crippen LogP contribution in [-0.2, 0) is 23.0 Å². The first kappa shape index (κ1) is 20.8. The molecule has 0 bridgehead atoms. The lowest BCUT2D eigenvalue weighted by atomic mass is 10.1. The van der Waals surface area contributed by atoms with E-state index in [1.54, 1.807) is 22.5 Å². The highest BCUT2D eigenvalue weighted by Crippen LogP contribution is 2.22. The number of fused-ring (bicyclic) bond motifs is 1. The first-order chi connectivity index (χ1) is 14.4. The zero-order valence-electron chi connectivity index (χ0n) is 17.3. The van der Waals surface area contributed by atoms with Crippen molar-refractivity contribution in [3.05, 3.63) is 75.6 Å². The van der Waals surface area contributed by atoms with Crippen molar-refractivity contribution in [2.75, 3.05) is 26.2 Å². The molecule has 0 radical (unpaired) electrons. The molecule has 7 heteroatoms. The molecule has 6 nitrogen and oxygen atoms in total. The zero-order valence-corrected chi connectivity index (χ0v) is 18.1. The minimum Gasteiger partial charge on any atom is -0.423 e. The minimum atomic E-state index is -3.48. The van der Waals surface area contributed by atoms with Crippen LogP contribution in [0, 0.1) is 6.92 Å². The topological polar surface area (TPSA) is 70.8 Å². The van der Waals surface area contributed by atoms with E-state index in [2.05, 4.69) is 17.9 Å². The Labute approximate surface area is 176 Å². The Kier molecular flexibility index (Phi) is 5.77. The molecule has 30 heavy (non-hydrogen) atoms. The fraction of sp³-hybridized carbons (Fsp3) is 0.348. The summed E-state index contributed by atoms with van der Waals surface area (Å²) in [6.45, 7) is 6.66. The number of sulfonamides is 1. The molecule has 0 spiro atoms.